The van der Waals surface area contributed by atoms with Crippen LogP contribution in [-0.2, 0) is 17.6 Å². The van der Waals surface area contributed by atoms with E-state index in [9.17, 15) is 4.79 Å². The first-order chi connectivity index (χ1) is 17.4. The van der Waals surface area contributed by atoms with Crippen LogP contribution in [0.25, 0.3) is 0 Å². The van der Waals surface area contributed by atoms with Crippen LogP contribution in [0, 0.1) is 0 Å². The fourth-order valence-corrected chi connectivity index (χ4v) is 4.38. The first-order valence-electron chi connectivity index (χ1n) is 12.1. The van der Waals surface area contributed by atoms with Gasteiger partial charge in [0.2, 0.25) is 5.91 Å². The first-order valence-corrected chi connectivity index (χ1v) is 12.1. The molecule has 0 saturated heterocycles. The third-order valence-electron chi connectivity index (χ3n) is 6.34. The lowest BCUT2D eigenvalue weighted by Crippen LogP contribution is -2.29. The number of likely N-dealkylation sites (N-methyl/N-ethyl adjacent to an activating group) is 2. The zero-order valence-corrected chi connectivity index (χ0v) is 21.5. The van der Waals surface area contributed by atoms with Gasteiger partial charge in [0, 0.05) is 56.6 Å². The Morgan fingerprint density at radius 2 is 2.00 bits per heavy atom. The topological polar surface area (TPSA) is 73.8 Å². The SMILES string of the molecule is C=CC(=O)Nc1cc(Cc2nccc(N3CCc4ccccc43)n2)c(OC)cc1N(C)CCN(C)C. The summed E-state index contributed by atoms with van der Waals surface area (Å²) < 4.78 is 5.76. The molecule has 0 aliphatic carbocycles. The van der Waals surface area contributed by atoms with Gasteiger partial charge < -0.3 is 24.8 Å². The molecule has 3 aromatic rings. The monoisotopic (exact) mass is 486 g/mol. The molecule has 1 aliphatic heterocycles. The number of amides is 1. The molecule has 0 fully saturated rings. The number of hydrogen-bond acceptors (Lipinski definition) is 7. The lowest BCUT2D eigenvalue weighted by molar-refractivity contribution is -0.111. The third kappa shape index (κ3) is 5.66. The number of carbonyl (C=O) groups excluding carboxylic acids is 1. The Balaban J connectivity index is 1.65. The van der Waals surface area contributed by atoms with E-state index in [1.54, 1.807) is 13.3 Å². The standard InChI is InChI=1S/C28H34N6O2/c1-6-28(35)30-22-17-21(25(36-5)19-24(22)33(4)16-15-32(2)3)18-26-29-13-11-27(31-26)34-14-12-20-9-7-8-10-23(20)34/h6-11,13,17,19H,1,12,14-16,18H2,2-5H3,(H,30,35). The van der Waals surface area contributed by atoms with E-state index in [2.05, 4.69) is 55.8 Å². The van der Waals surface area contributed by atoms with Crippen molar-refractivity contribution in [3.05, 3.63) is 78.3 Å². The molecular weight excluding hydrogens is 452 g/mol. The number of ether oxygens (including phenoxy) is 1. The highest BCUT2D eigenvalue weighted by atomic mass is 16.5. The predicted molar refractivity (Wildman–Crippen MR) is 146 cm³/mol. The van der Waals surface area contributed by atoms with E-state index in [0.29, 0.717) is 17.9 Å². The van der Waals surface area contributed by atoms with Gasteiger partial charge in [-0.2, -0.15) is 0 Å². The zero-order chi connectivity index (χ0) is 25.7. The molecule has 2 aromatic carbocycles. The van der Waals surface area contributed by atoms with Crippen molar-refractivity contribution in [2.75, 3.05) is 63.0 Å². The number of nitrogens with one attached hydrogen (secondary N) is 1. The van der Waals surface area contributed by atoms with Crippen LogP contribution in [0.15, 0.2) is 61.3 Å². The lowest BCUT2D eigenvalue weighted by atomic mass is 10.1. The number of benzene rings is 2. The second-order valence-electron chi connectivity index (χ2n) is 9.14. The maximum absolute atomic E-state index is 12.2. The van der Waals surface area contributed by atoms with Gasteiger partial charge in [-0.3, -0.25) is 4.79 Å². The fraction of sp³-hybridized carbons (Fsp3) is 0.321. The van der Waals surface area contributed by atoms with Crippen LogP contribution in [0.5, 0.6) is 5.75 Å². The summed E-state index contributed by atoms with van der Waals surface area (Å²) in [5.74, 6) is 2.02. The molecule has 1 N–H and O–H groups in total. The van der Waals surface area contributed by atoms with Crippen LogP contribution in [-0.4, -0.2) is 68.7 Å². The Labute approximate surface area is 213 Å². The minimum atomic E-state index is -0.265. The molecule has 1 aliphatic rings. The van der Waals surface area contributed by atoms with E-state index in [-0.39, 0.29) is 5.91 Å². The van der Waals surface area contributed by atoms with E-state index in [1.807, 2.05) is 39.3 Å². The van der Waals surface area contributed by atoms with Crippen molar-refractivity contribution >= 4 is 28.8 Å². The summed E-state index contributed by atoms with van der Waals surface area (Å²) in [6, 6.07) is 14.3. The number of carbonyl (C=O) groups is 1. The van der Waals surface area contributed by atoms with E-state index >= 15 is 0 Å². The summed E-state index contributed by atoms with van der Waals surface area (Å²) in [5.41, 5.74) is 4.98. The van der Waals surface area contributed by atoms with Gasteiger partial charge in [0.15, 0.2) is 0 Å². The number of anilines is 4. The second-order valence-corrected chi connectivity index (χ2v) is 9.14. The lowest BCUT2D eigenvalue weighted by Gasteiger charge is -2.26. The minimum absolute atomic E-state index is 0.265. The van der Waals surface area contributed by atoms with E-state index in [0.717, 1.165) is 48.9 Å². The summed E-state index contributed by atoms with van der Waals surface area (Å²) >= 11 is 0. The number of fused-ring (bicyclic) bond motifs is 1. The van der Waals surface area contributed by atoms with Gasteiger partial charge in [0.25, 0.3) is 0 Å². The predicted octanol–water partition coefficient (Wildman–Crippen LogP) is 3.89. The molecule has 36 heavy (non-hydrogen) atoms. The van der Waals surface area contributed by atoms with Crippen molar-refractivity contribution in [3.8, 4) is 5.75 Å². The van der Waals surface area contributed by atoms with Crippen molar-refractivity contribution in [2.24, 2.45) is 0 Å². The van der Waals surface area contributed by atoms with Crippen molar-refractivity contribution in [3.63, 3.8) is 0 Å². The molecule has 0 atom stereocenters. The van der Waals surface area contributed by atoms with Crippen LogP contribution in [0.1, 0.15) is 17.0 Å². The number of rotatable bonds is 10. The van der Waals surface area contributed by atoms with Crippen LogP contribution in [0.4, 0.5) is 22.9 Å². The summed E-state index contributed by atoms with van der Waals surface area (Å²) in [7, 11) is 7.73. The van der Waals surface area contributed by atoms with E-state index in [1.165, 1.54) is 17.3 Å². The molecular formula is C28H34N6O2. The van der Waals surface area contributed by atoms with Crippen LogP contribution < -0.4 is 19.9 Å². The summed E-state index contributed by atoms with van der Waals surface area (Å²) in [5, 5.41) is 2.96. The van der Waals surface area contributed by atoms with Crippen LogP contribution >= 0.6 is 0 Å². The minimum Gasteiger partial charge on any atom is -0.496 e. The highest BCUT2D eigenvalue weighted by Crippen LogP contribution is 2.36. The van der Waals surface area contributed by atoms with Gasteiger partial charge in [-0.25, -0.2) is 9.97 Å². The highest BCUT2D eigenvalue weighted by molar-refractivity contribution is 6.01. The summed E-state index contributed by atoms with van der Waals surface area (Å²) in [6.07, 6.45) is 4.53. The van der Waals surface area contributed by atoms with Crippen molar-refractivity contribution < 1.29 is 9.53 Å². The number of methoxy groups -OCH3 is 1. The van der Waals surface area contributed by atoms with Gasteiger partial charge in [0.1, 0.15) is 17.4 Å². The quantitative estimate of drug-likeness (QED) is 0.436. The summed E-state index contributed by atoms with van der Waals surface area (Å²) in [4.78, 5) is 28.1. The molecule has 2 heterocycles. The Hall–Kier alpha value is -3.91. The molecule has 0 spiro atoms. The van der Waals surface area contributed by atoms with Crippen molar-refractivity contribution in [1.29, 1.82) is 0 Å². The molecule has 1 aromatic heterocycles. The van der Waals surface area contributed by atoms with Gasteiger partial charge in [0.05, 0.1) is 18.5 Å². The Morgan fingerprint density at radius 3 is 2.75 bits per heavy atom. The average Bonchev–Trinajstić information content (AvgIpc) is 3.32. The zero-order valence-electron chi connectivity index (χ0n) is 21.5. The van der Waals surface area contributed by atoms with Crippen molar-refractivity contribution in [1.82, 2.24) is 14.9 Å². The van der Waals surface area contributed by atoms with E-state index < -0.39 is 0 Å². The highest BCUT2D eigenvalue weighted by Gasteiger charge is 2.22. The maximum Gasteiger partial charge on any atom is 0.247 e. The number of para-hydroxylation sites is 1. The largest absolute Gasteiger partial charge is 0.496 e. The normalized spacial score (nSPS) is 12.4. The third-order valence-corrected chi connectivity index (χ3v) is 6.34. The number of nitrogens with zero attached hydrogens (tertiary/aromatic N) is 5. The van der Waals surface area contributed by atoms with Gasteiger partial charge in [-0.05, 0) is 50.4 Å². The number of aromatic nitrogens is 2. The average molecular weight is 487 g/mol. The van der Waals surface area contributed by atoms with Gasteiger partial charge >= 0.3 is 0 Å². The molecule has 0 unspecified atom stereocenters. The molecule has 0 radical (unpaired) electrons. The fourth-order valence-electron chi connectivity index (χ4n) is 4.38. The van der Waals surface area contributed by atoms with Gasteiger partial charge in [-0.1, -0.05) is 24.8 Å². The molecule has 0 bridgehead atoms. The molecule has 1 amide bonds. The Kier molecular flexibility index (Phi) is 7.85. The molecule has 8 nitrogen and oxygen atoms in total. The Bertz CT molecular complexity index is 1240. The molecule has 4 rings (SSSR count). The molecule has 8 heteroatoms. The number of hydrogen-bond donors (Lipinski definition) is 1. The smallest absolute Gasteiger partial charge is 0.247 e. The van der Waals surface area contributed by atoms with Crippen LogP contribution in [0.2, 0.25) is 0 Å². The van der Waals surface area contributed by atoms with Crippen LogP contribution in [0.3, 0.4) is 0 Å². The van der Waals surface area contributed by atoms with E-state index in [4.69, 9.17) is 9.72 Å². The van der Waals surface area contributed by atoms with Crippen molar-refractivity contribution in [2.45, 2.75) is 12.8 Å². The maximum atomic E-state index is 12.2. The molecule has 0 saturated carbocycles. The first kappa shape index (κ1) is 25.2. The molecule has 188 valence electrons. The Morgan fingerprint density at radius 1 is 1.19 bits per heavy atom. The summed E-state index contributed by atoms with van der Waals surface area (Å²) in [6.45, 7) is 6.15. The second kappa shape index (κ2) is 11.2. The van der Waals surface area contributed by atoms with Gasteiger partial charge in [-0.15, -0.1) is 0 Å².